The monoisotopic (exact) mass is 962 g/mol. The minimum atomic E-state index is -0.561. The summed E-state index contributed by atoms with van der Waals surface area (Å²) in [6, 6.07) is 105. The number of anilines is 3. The van der Waals surface area contributed by atoms with E-state index in [4.69, 9.17) is 0 Å². The highest BCUT2D eigenvalue weighted by Crippen LogP contribution is 2.66. The van der Waals surface area contributed by atoms with Gasteiger partial charge in [0, 0.05) is 27.6 Å². The molecular formula is C74H46N2. The molecule has 2 heteroatoms. The fourth-order valence-electron chi connectivity index (χ4n) is 14.8. The molecule has 3 aliphatic carbocycles. The van der Waals surface area contributed by atoms with E-state index >= 15 is 0 Å². The van der Waals surface area contributed by atoms with E-state index in [-0.39, 0.29) is 0 Å². The van der Waals surface area contributed by atoms with Crippen LogP contribution in [0.2, 0.25) is 0 Å². The molecule has 0 N–H and O–H groups in total. The molecule has 2 spiro atoms. The quantitative estimate of drug-likeness (QED) is 0.167. The molecule has 1 aromatic heterocycles. The Hall–Kier alpha value is -9.76. The fourth-order valence-corrected chi connectivity index (χ4v) is 14.8. The molecule has 2 nitrogen and oxygen atoms in total. The van der Waals surface area contributed by atoms with E-state index in [1.54, 1.807) is 0 Å². The number of rotatable bonds is 5. The Morgan fingerprint density at radius 1 is 0.276 bits per heavy atom. The summed E-state index contributed by atoms with van der Waals surface area (Å²) in [5.41, 5.74) is 29.0. The van der Waals surface area contributed by atoms with Gasteiger partial charge in [-0.2, -0.15) is 0 Å². The second-order valence-corrected chi connectivity index (χ2v) is 21.0. The predicted octanol–water partition coefficient (Wildman–Crippen LogP) is 18.6. The lowest BCUT2D eigenvalue weighted by molar-refractivity contribution is 0.748. The van der Waals surface area contributed by atoms with Crippen molar-refractivity contribution in [3.8, 4) is 61.3 Å². The highest BCUT2D eigenvalue weighted by atomic mass is 15.1. The summed E-state index contributed by atoms with van der Waals surface area (Å²) in [7, 11) is 0. The van der Waals surface area contributed by atoms with E-state index < -0.39 is 10.8 Å². The molecule has 4 aliphatic rings. The summed E-state index contributed by atoms with van der Waals surface area (Å²) in [4.78, 5) is 2.59. The summed E-state index contributed by atoms with van der Waals surface area (Å²) < 4.78 is 2.53. The van der Waals surface area contributed by atoms with Crippen molar-refractivity contribution in [3.05, 3.63) is 324 Å². The van der Waals surface area contributed by atoms with Crippen molar-refractivity contribution in [2.45, 2.75) is 10.8 Å². The topological polar surface area (TPSA) is 8.17 Å². The Morgan fingerprint density at radius 2 is 0.763 bits per heavy atom. The van der Waals surface area contributed by atoms with Crippen LogP contribution in [0.25, 0.3) is 83.1 Å². The van der Waals surface area contributed by atoms with Crippen LogP contribution in [0.3, 0.4) is 0 Å². The number of benzene rings is 12. The molecule has 0 saturated heterocycles. The SMILES string of the molecule is c1ccc(-c2cccc(-c3ccccc3N(c3ccc4c(c3)-c3ccccc3C43c4ccccc4-n4c5ccccc5c5cccc3c54)c3cccc4c3-c3ccccc3C43c4ccccc4-c4ccccc43)c2)cc1. The van der Waals surface area contributed by atoms with Crippen molar-refractivity contribution in [2.75, 3.05) is 4.90 Å². The molecule has 1 atom stereocenters. The van der Waals surface area contributed by atoms with Crippen LogP contribution in [-0.4, -0.2) is 4.57 Å². The third kappa shape index (κ3) is 5.20. The van der Waals surface area contributed by atoms with Crippen LogP contribution in [0.15, 0.2) is 279 Å². The molecule has 0 bridgehead atoms. The highest BCUT2D eigenvalue weighted by Gasteiger charge is 2.54. The lowest BCUT2D eigenvalue weighted by Gasteiger charge is -2.39. The van der Waals surface area contributed by atoms with Gasteiger partial charge in [-0.15, -0.1) is 0 Å². The van der Waals surface area contributed by atoms with E-state index in [2.05, 4.69) is 289 Å². The van der Waals surface area contributed by atoms with Gasteiger partial charge in [0.1, 0.15) is 0 Å². The lowest BCUT2D eigenvalue weighted by atomic mass is 9.65. The summed E-state index contributed by atoms with van der Waals surface area (Å²) in [5.74, 6) is 0. The van der Waals surface area contributed by atoms with Gasteiger partial charge in [0.15, 0.2) is 0 Å². The molecular weight excluding hydrogens is 917 g/mol. The van der Waals surface area contributed by atoms with Gasteiger partial charge in [-0.25, -0.2) is 0 Å². The van der Waals surface area contributed by atoms with Crippen LogP contribution in [0, 0.1) is 0 Å². The number of aromatic nitrogens is 1. The molecule has 17 rings (SSSR count). The maximum Gasteiger partial charge on any atom is 0.0754 e. The second-order valence-electron chi connectivity index (χ2n) is 21.0. The maximum absolute atomic E-state index is 2.59. The zero-order chi connectivity index (χ0) is 49.7. The Morgan fingerprint density at radius 3 is 1.53 bits per heavy atom. The first-order chi connectivity index (χ1) is 37.7. The average Bonchev–Trinajstić information content (AvgIpc) is 4.27. The molecule has 2 heterocycles. The van der Waals surface area contributed by atoms with E-state index in [1.165, 1.54) is 117 Å². The first kappa shape index (κ1) is 41.7. The van der Waals surface area contributed by atoms with Gasteiger partial charge in [0.2, 0.25) is 0 Å². The third-order valence-electron chi connectivity index (χ3n) is 17.6. The maximum atomic E-state index is 2.59. The normalized spacial score (nSPS) is 15.3. The summed E-state index contributed by atoms with van der Waals surface area (Å²) in [5, 5.41) is 2.56. The third-order valence-corrected chi connectivity index (χ3v) is 17.6. The lowest BCUT2D eigenvalue weighted by Crippen LogP contribution is -2.33. The fraction of sp³-hybridized carbons (Fsp3) is 0.0270. The van der Waals surface area contributed by atoms with E-state index in [1.807, 2.05) is 0 Å². The molecule has 12 aromatic carbocycles. The number of hydrogen-bond donors (Lipinski definition) is 0. The Kier molecular flexibility index (Phi) is 8.44. The molecule has 76 heavy (non-hydrogen) atoms. The van der Waals surface area contributed by atoms with Gasteiger partial charge in [0.05, 0.1) is 38.9 Å². The van der Waals surface area contributed by atoms with Gasteiger partial charge in [-0.3, -0.25) is 0 Å². The van der Waals surface area contributed by atoms with Crippen molar-refractivity contribution in [2.24, 2.45) is 0 Å². The van der Waals surface area contributed by atoms with E-state index in [9.17, 15) is 0 Å². The van der Waals surface area contributed by atoms with Crippen LogP contribution in [0.1, 0.15) is 44.5 Å². The largest absolute Gasteiger partial charge is 0.309 e. The van der Waals surface area contributed by atoms with Gasteiger partial charge in [-0.1, -0.05) is 237 Å². The first-order valence-electron chi connectivity index (χ1n) is 26.6. The van der Waals surface area contributed by atoms with Gasteiger partial charge in [0.25, 0.3) is 0 Å². The molecule has 13 aromatic rings. The summed E-state index contributed by atoms with van der Waals surface area (Å²) in [6.07, 6.45) is 0. The number of hydrogen-bond acceptors (Lipinski definition) is 1. The zero-order valence-corrected chi connectivity index (χ0v) is 41.5. The predicted molar refractivity (Wildman–Crippen MR) is 313 cm³/mol. The summed E-state index contributed by atoms with van der Waals surface area (Å²) in [6.45, 7) is 0. The Balaban J connectivity index is 0.960. The zero-order valence-electron chi connectivity index (χ0n) is 41.5. The average molecular weight is 963 g/mol. The molecule has 0 radical (unpaired) electrons. The van der Waals surface area contributed by atoms with Crippen molar-refractivity contribution < 1.29 is 0 Å². The van der Waals surface area contributed by atoms with Crippen molar-refractivity contribution in [1.82, 2.24) is 4.57 Å². The van der Waals surface area contributed by atoms with Gasteiger partial charge in [-0.05, 0) is 131 Å². The van der Waals surface area contributed by atoms with Gasteiger partial charge < -0.3 is 9.47 Å². The van der Waals surface area contributed by atoms with Crippen LogP contribution in [0.4, 0.5) is 17.1 Å². The van der Waals surface area contributed by atoms with Crippen LogP contribution < -0.4 is 4.90 Å². The molecule has 0 fully saturated rings. The molecule has 352 valence electrons. The standard InChI is InChI=1S/C74H46N2/c1-2-21-47(22-3-1)48-23-18-24-49(45-48)51-25-8-15-39-67(51)75(70-42-20-37-65-71(70)57-30-7-13-35-62(57)73(65)59-32-10-4-26-52(59)53-27-5-11-33-60(53)73)50-43-44-63-58(46-50)54-28-6-12-34-61(54)74(63)64-36-14-17-41-69(64)76-68-40-16-9-29-55(68)56-31-19-38-66(74)72(56)76/h1-46H. The Labute approximate surface area is 441 Å². The van der Waals surface area contributed by atoms with Crippen molar-refractivity contribution in [3.63, 3.8) is 0 Å². The van der Waals surface area contributed by atoms with Gasteiger partial charge >= 0.3 is 0 Å². The minimum Gasteiger partial charge on any atom is -0.309 e. The molecule has 0 saturated carbocycles. The second kappa shape index (κ2) is 15.4. The minimum absolute atomic E-state index is 0.495. The number of fused-ring (bicyclic) bond motifs is 22. The molecule has 1 unspecified atom stereocenters. The number of nitrogens with zero attached hydrogens (tertiary/aromatic N) is 2. The van der Waals surface area contributed by atoms with Crippen LogP contribution >= 0.6 is 0 Å². The molecule has 0 amide bonds. The molecule has 1 aliphatic heterocycles. The smallest absolute Gasteiger partial charge is 0.0754 e. The van der Waals surface area contributed by atoms with Crippen LogP contribution in [-0.2, 0) is 10.8 Å². The Bertz CT molecular complexity index is 4570. The number of para-hydroxylation sites is 4. The highest BCUT2D eigenvalue weighted by molar-refractivity contribution is 6.13. The van der Waals surface area contributed by atoms with E-state index in [0.29, 0.717) is 0 Å². The van der Waals surface area contributed by atoms with Crippen molar-refractivity contribution >= 4 is 38.9 Å². The summed E-state index contributed by atoms with van der Waals surface area (Å²) >= 11 is 0. The first-order valence-corrected chi connectivity index (χ1v) is 26.6. The van der Waals surface area contributed by atoms with Crippen LogP contribution in [0.5, 0.6) is 0 Å². The van der Waals surface area contributed by atoms with E-state index in [0.717, 1.165) is 28.2 Å². The van der Waals surface area contributed by atoms with Crippen molar-refractivity contribution in [1.29, 1.82) is 0 Å².